The highest BCUT2D eigenvalue weighted by molar-refractivity contribution is 6.17. The zero-order chi connectivity index (χ0) is 11.5. The Kier molecular flexibility index (Phi) is 3.19. The highest BCUT2D eigenvalue weighted by Gasteiger charge is 2.08. The Balaban J connectivity index is 2.39. The summed E-state index contributed by atoms with van der Waals surface area (Å²) in [5, 5.41) is 7.79. The molecule has 0 atom stereocenters. The summed E-state index contributed by atoms with van der Waals surface area (Å²) in [4.78, 5) is 0. The zero-order valence-corrected chi connectivity index (χ0v) is 9.58. The molecular formula is C11H11ClFN3. The molecule has 0 saturated heterocycles. The number of aryl methyl sites for hydroxylation is 2. The third-order valence-corrected chi connectivity index (χ3v) is 2.50. The van der Waals surface area contributed by atoms with Crippen LogP contribution in [-0.4, -0.2) is 20.9 Å². The lowest BCUT2D eigenvalue weighted by molar-refractivity contribution is 0.598. The van der Waals surface area contributed by atoms with Gasteiger partial charge in [-0.25, -0.2) is 9.07 Å². The number of hydrogen-bond donors (Lipinski definition) is 0. The van der Waals surface area contributed by atoms with Crippen LogP contribution in [-0.2, 0) is 6.42 Å². The third kappa shape index (κ3) is 2.07. The molecule has 0 saturated carbocycles. The van der Waals surface area contributed by atoms with Crippen LogP contribution >= 0.6 is 11.6 Å². The average Bonchev–Trinajstić information content (AvgIpc) is 2.71. The summed E-state index contributed by atoms with van der Waals surface area (Å²) in [6, 6.07) is 5.17. The third-order valence-electron chi connectivity index (χ3n) is 2.31. The number of nitrogens with zero attached hydrogens (tertiary/aromatic N) is 3. The molecule has 0 bridgehead atoms. The standard InChI is InChI=1S/C11H11ClFN3/c1-8-3-2-4-10(11(8)13)16-7-9(5-6-12)14-15-16/h2-4,7H,5-6H2,1H3. The van der Waals surface area contributed by atoms with E-state index in [1.54, 1.807) is 31.3 Å². The van der Waals surface area contributed by atoms with E-state index in [2.05, 4.69) is 10.3 Å². The summed E-state index contributed by atoms with van der Waals surface area (Å²) in [6.07, 6.45) is 2.33. The fourth-order valence-electron chi connectivity index (χ4n) is 1.44. The molecule has 0 aliphatic heterocycles. The van der Waals surface area contributed by atoms with Gasteiger partial charge in [0.25, 0.3) is 0 Å². The van der Waals surface area contributed by atoms with Gasteiger partial charge in [0.05, 0.1) is 11.9 Å². The molecule has 16 heavy (non-hydrogen) atoms. The predicted octanol–water partition coefficient (Wildman–Crippen LogP) is 2.50. The molecule has 0 fully saturated rings. The molecule has 84 valence electrons. The van der Waals surface area contributed by atoms with Crippen molar-refractivity contribution in [3.05, 3.63) is 41.5 Å². The van der Waals surface area contributed by atoms with Crippen LogP contribution in [0.5, 0.6) is 0 Å². The van der Waals surface area contributed by atoms with Crippen LogP contribution in [0.25, 0.3) is 5.69 Å². The average molecular weight is 240 g/mol. The van der Waals surface area contributed by atoms with Crippen LogP contribution in [0.3, 0.4) is 0 Å². The van der Waals surface area contributed by atoms with Crippen LogP contribution < -0.4 is 0 Å². The molecular weight excluding hydrogens is 229 g/mol. The normalized spacial score (nSPS) is 10.7. The lowest BCUT2D eigenvalue weighted by Crippen LogP contribution is -1.99. The van der Waals surface area contributed by atoms with Gasteiger partial charge in [-0.05, 0) is 18.6 Å². The maximum absolute atomic E-state index is 13.8. The molecule has 1 heterocycles. The van der Waals surface area contributed by atoms with Crippen molar-refractivity contribution in [3.8, 4) is 5.69 Å². The summed E-state index contributed by atoms with van der Waals surface area (Å²) in [7, 11) is 0. The van der Waals surface area contributed by atoms with Crippen molar-refractivity contribution in [3.63, 3.8) is 0 Å². The van der Waals surface area contributed by atoms with Crippen molar-refractivity contribution in [2.45, 2.75) is 13.3 Å². The minimum atomic E-state index is -0.273. The SMILES string of the molecule is Cc1cccc(-n2cc(CCCl)nn2)c1F. The van der Waals surface area contributed by atoms with Crippen molar-refractivity contribution in [2.75, 3.05) is 5.88 Å². The van der Waals surface area contributed by atoms with E-state index in [0.29, 0.717) is 23.6 Å². The van der Waals surface area contributed by atoms with Crippen molar-refractivity contribution in [2.24, 2.45) is 0 Å². The summed E-state index contributed by atoms with van der Waals surface area (Å²) >= 11 is 5.60. The Morgan fingerprint density at radius 3 is 3.00 bits per heavy atom. The molecule has 2 rings (SSSR count). The van der Waals surface area contributed by atoms with Crippen molar-refractivity contribution in [1.82, 2.24) is 15.0 Å². The Morgan fingerprint density at radius 1 is 1.44 bits per heavy atom. The molecule has 0 N–H and O–H groups in total. The van der Waals surface area contributed by atoms with E-state index >= 15 is 0 Å². The Bertz CT molecular complexity index is 496. The fraction of sp³-hybridized carbons (Fsp3) is 0.273. The molecule has 3 nitrogen and oxygen atoms in total. The second-order valence-corrected chi connectivity index (χ2v) is 3.88. The van der Waals surface area contributed by atoms with Gasteiger partial charge in [-0.1, -0.05) is 17.3 Å². The molecule has 0 aliphatic rings. The van der Waals surface area contributed by atoms with Crippen molar-refractivity contribution < 1.29 is 4.39 Å². The molecule has 5 heteroatoms. The summed E-state index contributed by atoms with van der Waals surface area (Å²) < 4.78 is 15.2. The van der Waals surface area contributed by atoms with E-state index in [9.17, 15) is 4.39 Å². The van der Waals surface area contributed by atoms with Gasteiger partial charge in [0.2, 0.25) is 0 Å². The van der Waals surface area contributed by atoms with E-state index in [-0.39, 0.29) is 5.82 Å². The molecule has 0 amide bonds. The van der Waals surface area contributed by atoms with Crippen molar-refractivity contribution >= 4 is 11.6 Å². The number of hydrogen-bond acceptors (Lipinski definition) is 2. The first-order chi connectivity index (χ1) is 7.72. The van der Waals surface area contributed by atoms with Gasteiger partial charge in [0.1, 0.15) is 5.69 Å². The fourth-order valence-corrected chi connectivity index (χ4v) is 1.63. The van der Waals surface area contributed by atoms with Crippen LogP contribution in [0, 0.1) is 12.7 Å². The Morgan fingerprint density at radius 2 is 2.25 bits per heavy atom. The van der Waals surface area contributed by atoms with Crippen LogP contribution in [0.4, 0.5) is 4.39 Å². The van der Waals surface area contributed by atoms with Gasteiger partial charge >= 0.3 is 0 Å². The maximum Gasteiger partial charge on any atom is 0.151 e. The van der Waals surface area contributed by atoms with Gasteiger partial charge in [0.15, 0.2) is 5.82 Å². The Hall–Kier alpha value is -1.42. The number of halogens is 2. The highest BCUT2D eigenvalue weighted by Crippen LogP contribution is 2.15. The van der Waals surface area contributed by atoms with Crippen LogP contribution in [0.15, 0.2) is 24.4 Å². The maximum atomic E-state index is 13.8. The quantitative estimate of drug-likeness (QED) is 0.771. The number of aromatic nitrogens is 3. The second-order valence-electron chi connectivity index (χ2n) is 3.50. The summed E-state index contributed by atoms with van der Waals surface area (Å²) in [5.41, 5.74) is 1.76. The minimum absolute atomic E-state index is 0.273. The minimum Gasteiger partial charge on any atom is -0.217 e. The highest BCUT2D eigenvalue weighted by atomic mass is 35.5. The molecule has 1 aromatic heterocycles. The molecule has 0 aliphatic carbocycles. The second kappa shape index (κ2) is 4.61. The lowest BCUT2D eigenvalue weighted by Gasteiger charge is -2.03. The largest absolute Gasteiger partial charge is 0.217 e. The molecule has 0 spiro atoms. The molecule has 1 aromatic carbocycles. The smallest absolute Gasteiger partial charge is 0.151 e. The predicted molar refractivity (Wildman–Crippen MR) is 60.5 cm³/mol. The summed E-state index contributed by atoms with van der Waals surface area (Å²) in [6.45, 7) is 1.72. The molecule has 0 unspecified atom stereocenters. The van der Waals surface area contributed by atoms with E-state index < -0.39 is 0 Å². The van der Waals surface area contributed by atoms with Crippen LogP contribution in [0.2, 0.25) is 0 Å². The van der Waals surface area contributed by atoms with Gasteiger partial charge in [-0.2, -0.15) is 0 Å². The summed E-state index contributed by atoms with van der Waals surface area (Å²) in [5.74, 6) is 0.208. The van der Waals surface area contributed by atoms with Gasteiger partial charge in [-0.3, -0.25) is 0 Å². The monoisotopic (exact) mass is 239 g/mol. The van der Waals surface area contributed by atoms with E-state index in [0.717, 1.165) is 5.69 Å². The van der Waals surface area contributed by atoms with E-state index in [4.69, 9.17) is 11.6 Å². The Labute approximate surface area is 97.8 Å². The topological polar surface area (TPSA) is 30.7 Å². The van der Waals surface area contributed by atoms with Crippen LogP contribution in [0.1, 0.15) is 11.3 Å². The number of benzene rings is 1. The first kappa shape index (κ1) is 11.1. The van der Waals surface area contributed by atoms with E-state index in [1.807, 2.05) is 0 Å². The zero-order valence-electron chi connectivity index (χ0n) is 8.82. The van der Waals surface area contributed by atoms with Crippen molar-refractivity contribution in [1.29, 1.82) is 0 Å². The van der Waals surface area contributed by atoms with Gasteiger partial charge in [0, 0.05) is 12.3 Å². The number of alkyl halides is 1. The molecule has 2 aromatic rings. The van der Waals surface area contributed by atoms with Gasteiger partial charge < -0.3 is 0 Å². The molecule has 0 radical (unpaired) electrons. The van der Waals surface area contributed by atoms with E-state index in [1.165, 1.54) is 4.68 Å². The first-order valence-corrected chi connectivity index (χ1v) is 5.48. The first-order valence-electron chi connectivity index (χ1n) is 4.95. The lowest BCUT2D eigenvalue weighted by atomic mass is 10.2. The van der Waals surface area contributed by atoms with Gasteiger partial charge in [-0.15, -0.1) is 16.7 Å². The number of rotatable bonds is 3.